The first-order valence-corrected chi connectivity index (χ1v) is 11.6. The maximum absolute atomic E-state index is 12.4. The van der Waals surface area contributed by atoms with Crippen molar-refractivity contribution in [3.05, 3.63) is 72.7 Å². The highest BCUT2D eigenvalue weighted by Crippen LogP contribution is 2.20. The second-order valence-electron chi connectivity index (χ2n) is 8.19. The van der Waals surface area contributed by atoms with Gasteiger partial charge in [-0.05, 0) is 55.5 Å². The molecule has 1 aliphatic rings. The van der Waals surface area contributed by atoms with Gasteiger partial charge in [-0.2, -0.15) is 4.98 Å². The molecule has 1 saturated heterocycles. The first-order chi connectivity index (χ1) is 17.6. The Hall–Kier alpha value is -4.64. The van der Waals surface area contributed by atoms with Gasteiger partial charge >= 0.3 is 6.03 Å². The van der Waals surface area contributed by atoms with E-state index in [-0.39, 0.29) is 6.03 Å². The number of piperazine rings is 1. The van der Waals surface area contributed by atoms with Crippen LogP contribution >= 0.6 is 0 Å². The molecule has 0 radical (unpaired) electrons. The molecule has 1 aliphatic heterocycles. The monoisotopic (exact) mass is 482 g/mol. The number of nitrogens with one attached hydrogen (secondary N) is 4. The molecule has 11 nitrogen and oxygen atoms in total. The fourth-order valence-corrected chi connectivity index (χ4v) is 3.68. The molecule has 4 heterocycles. The summed E-state index contributed by atoms with van der Waals surface area (Å²) in [5, 5.41) is 12.5. The standard InChI is InChI=1S/C25H26N10O/c1-17-3-2-4-20(29-17)23-27-11-9-21(33-23)32-22-10-12-28-24(34-22)30-18-5-7-19(8-6-18)31-25(36)35-15-13-26-14-16-35/h2-12,26H,13-16H2,1H3,(H,31,36)(H2,27,28,30,32,33,34). The number of benzene rings is 1. The Labute approximate surface area is 208 Å². The van der Waals surface area contributed by atoms with Gasteiger partial charge in [0.25, 0.3) is 0 Å². The van der Waals surface area contributed by atoms with Crippen LogP contribution in [0, 0.1) is 6.92 Å². The van der Waals surface area contributed by atoms with Crippen LogP contribution in [0.5, 0.6) is 0 Å². The maximum Gasteiger partial charge on any atom is 0.321 e. The van der Waals surface area contributed by atoms with Gasteiger partial charge in [0.2, 0.25) is 5.95 Å². The zero-order valence-electron chi connectivity index (χ0n) is 19.8. The molecular formula is C25H26N10O. The van der Waals surface area contributed by atoms with Gasteiger partial charge in [-0.15, -0.1) is 0 Å². The quantitative estimate of drug-likeness (QED) is 0.325. The van der Waals surface area contributed by atoms with Crippen LogP contribution in [-0.2, 0) is 0 Å². The molecule has 0 saturated carbocycles. The minimum atomic E-state index is -0.0922. The van der Waals surface area contributed by atoms with Crippen LogP contribution in [0.3, 0.4) is 0 Å². The van der Waals surface area contributed by atoms with E-state index in [9.17, 15) is 4.79 Å². The maximum atomic E-state index is 12.4. The Balaban J connectivity index is 1.22. The van der Waals surface area contributed by atoms with Gasteiger partial charge < -0.3 is 26.2 Å². The highest BCUT2D eigenvalue weighted by atomic mass is 16.2. The van der Waals surface area contributed by atoms with Gasteiger partial charge in [-0.3, -0.25) is 0 Å². The van der Waals surface area contributed by atoms with Crippen LogP contribution in [0.2, 0.25) is 0 Å². The van der Waals surface area contributed by atoms with Crippen LogP contribution in [0.4, 0.5) is 33.8 Å². The summed E-state index contributed by atoms with van der Waals surface area (Å²) >= 11 is 0. The number of hydrogen-bond donors (Lipinski definition) is 4. The molecule has 36 heavy (non-hydrogen) atoms. The number of anilines is 5. The summed E-state index contributed by atoms with van der Waals surface area (Å²) in [6, 6.07) is 16.6. The van der Waals surface area contributed by atoms with E-state index in [4.69, 9.17) is 0 Å². The number of carbonyl (C=O) groups excluding carboxylic acids is 1. The van der Waals surface area contributed by atoms with E-state index in [1.165, 1.54) is 0 Å². The molecule has 4 aromatic rings. The van der Waals surface area contributed by atoms with E-state index in [0.29, 0.717) is 42.2 Å². The topological polar surface area (TPSA) is 133 Å². The van der Waals surface area contributed by atoms with E-state index in [0.717, 1.165) is 30.2 Å². The summed E-state index contributed by atoms with van der Waals surface area (Å²) in [5.74, 6) is 2.12. The normalized spacial score (nSPS) is 13.2. The van der Waals surface area contributed by atoms with Crippen molar-refractivity contribution in [2.24, 2.45) is 0 Å². The highest BCUT2D eigenvalue weighted by molar-refractivity contribution is 5.89. The number of urea groups is 1. The zero-order chi connectivity index (χ0) is 24.7. The molecule has 0 unspecified atom stereocenters. The molecule has 2 amide bonds. The number of carbonyl (C=O) groups is 1. The van der Waals surface area contributed by atoms with Crippen molar-refractivity contribution in [1.82, 2.24) is 35.1 Å². The predicted octanol–water partition coefficient (Wildman–Crippen LogP) is 3.56. The number of rotatable bonds is 6. The van der Waals surface area contributed by atoms with E-state index in [2.05, 4.69) is 46.2 Å². The summed E-state index contributed by atoms with van der Waals surface area (Å²) < 4.78 is 0. The lowest BCUT2D eigenvalue weighted by molar-refractivity contribution is 0.204. The summed E-state index contributed by atoms with van der Waals surface area (Å²) in [5.41, 5.74) is 3.12. The SMILES string of the molecule is Cc1cccc(-c2nccc(Nc3ccnc(Nc4ccc(NC(=O)N5CCNCC5)cc4)n3)n2)n1. The highest BCUT2D eigenvalue weighted by Gasteiger charge is 2.16. The predicted molar refractivity (Wildman–Crippen MR) is 139 cm³/mol. The van der Waals surface area contributed by atoms with Crippen molar-refractivity contribution in [2.75, 3.05) is 42.1 Å². The van der Waals surface area contributed by atoms with Crippen molar-refractivity contribution in [3.8, 4) is 11.5 Å². The van der Waals surface area contributed by atoms with E-state index in [1.807, 2.05) is 49.4 Å². The molecule has 0 aliphatic carbocycles. The molecule has 3 aromatic heterocycles. The zero-order valence-corrected chi connectivity index (χ0v) is 19.8. The van der Waals surface area contributed by atoms with Gasteiger partial charge in [-0.1, -0.05) is 6.07 Å². The second-order valence-corrected chi connectivity index (χ2v) is 8.19. The third kappa shape index (κ3) is 5.88. The minimum Gasteiger partial charge on any atom is -0.325 e. The lowest BCUT2D eigenvalue weighted by Gasteiger charge is -2.27. The Morgan fingerprint density at radius 3 is 2.33 bits per heavy atom. The number of aryl methyl sites for hydroxylation is 1. The molecule has 182 valence electrons. The Morgan fingerprint density at radius 1 is 0.833 bits per heavy atom. The van der Waals surface area contributed by atoms with Crippen LogP contribution in [0.1, 0.15) is 5.69 Å². The van der Waals surface area contributed by atoms with Crippen molar-refractivity contribution < 1.29 is 4.79 Å². The molecule has 11 heteroatoms. The average molecular weight is 483 g/mol. The third-order valence-corrected chi connectivity index (χ3v) is 5.48. The Bertz CT molecular complexity index is 1340. The summed E-state index contributed by atoms with van der Waals surface area (Å²) in [6.45, 7) is 4.95. The average Bonchev–Trinajstić information content (AvgIpc) is 2.91. The van der Waals surface area contributed by atoms with Crippen LogP contribution in [-0.4, -0.2) is 62.0 Å². The number of aromatic nitrogens is 5. The molecule has 0 bridgehead atoms. The largest absolute Gasteiger partial charge is 0.325 e. The van der Waals surface area contributed by atoms with Crippen molar-refractivity contribution in [3.63, 3.8) is 0 Å². The molecule has 5 rings (SSSR count). The molecule has 4 N–H and O–H groups in total. The molecule has 0 spiro atoms. The van der Waals surface area contributed by atoms with Crippen LogP contribution in [0.25, 0.3) is 11.5 Å². The third-order valence-electron chi connectivity index (χ3n) is 5.48. The van der Waals surface area contributed by atoms with Gasteiger partial charge in [-0.25, -0.2) is 24.7 Å². The summed E-state index contributed by atoms with van der Waals surface area (Å²) in [6.07, 6.45) is 3.33. The van der Waals surface area contributed by atoms with Crippen molar-refractivity contribution in [1.29, 1.82) is 0 Å². The van der Waals surface area contributed by atoms with Gasteiger partial charge in [0.15, 0.2) is 5.82 Å². The van der Waals surface area contributed by atoms with Crippen molar-refractivity contribution >= 4 is 35.0 Å². The molecule has 1 fully saturated rings. The minimum absolute atomic E-state index is 0.0922. The Morgan fingerprint density at radius 2 is 1.56 bits per heavy atom. The van der Waals surface area contributed by atoms with E-state index >= 15 is 0 Å². The lowest BCUT2D eigenvalue weighted by Crippen LogP contribution is -2.48. The second kappa shape index (κ2) is 10.7. The number of nitrogens with zero attached hydrogens (tertiary/aromatic N) is 6. The molecule has 0 atom stereocenters. The first kappa shape index (κ1) is 23.1. The van der Waals surface area contributed by atoms with Crippen LogP contribution in [0.15, 0.2) is 67.0 Å². The smallest absolute Gasteiger partial charge is 0.321 e. The van der Waals surface area contributed by atoms with E-state index in [1.54, 1.807) is 29.4 Å². The first-order valence-electron chi connectivity index (χ1n) is 11.6. The summed E-state index contributed by atoms with van der Waals surface area (Å²) in [7, 11) is 0. The van der Waals surface area contributed by atoms with Crippen LogP contribution < -0.4 is 21.3 Å². The molecular weight excluding hydrogens is 456 g/mol. The summed E-state index contributed by atoms with van der Waals surface area (Å²) in [4.78, 5) is 36.4. The number of pyridine rings is 1. The number of hydrogen-bond acceptors (Lipinski definition) is 9. The lowest BCUT2D eigenvalue weighted by atomic mass is 10.3. The van der Waals surface area contributed by atoms with Gasteiger partial charge in [0, 0.05) is 55.6 Å². The van der Waals surface area contributed by atoms with E-state index < -0.39 is 0 Å². The van der Waals surface area contributed by atoms with Gasteiger partial charge in [0.1, 0.15) is 17.3 Å². The van der Waals surface area contributed by atoms with Gasteiger partial charge in [0.05, 0.1) is 0 Å². The Kier molecular flexibility index (Phi) is 6.90. The fourth-order valence-electron chi connectivity index (χ4n) is 3.68. The van der Waals surface area contributed by atoms with Crippen molar-refractivity contribution in [2.45, 2.75) is 6.92 Å². The fraction of sp³-hybridized carbons (Fsp3) is 0.200. The number of amides is 2. The molecule has 1 aromatic carbocycles.